The van der Waals surface area contributed by atoms with Gasteiger partial charge in [0.25, 0.3) is 0 Å². The summed E-state index contributed by atoms with van der Waals surface area (Å²) < 4.78 is 51.1. The highest BCUT2D eigenvalue weighted by Crippen LogP contribution is 2.32. The fourth-order valence-corrected chi connectivity index (χ4v) is 1.96. The number of alkyl halides is 3. The van der Waals surface area contributed by atoms with Crippen molar-refractivity contribution >= 4 is 6.29 Å². The lowest BCUT2D eigenvalue weighted by atomic mass is 9.91. The van der Waals surface area contributed by atoms with E-state index >= 15 is 0 Å². The summed E-state index contributed by atoms with van der Waals surface area (Å²) >= 11 is 0. The summed E-state index contributed by atoms with van der Waals surface area (Å²) in [6.07, 6.45) is -3.98. The summed E-state index contributed by atoms with van der Waals surface area (Å²) in [7, 11) is 0. The van der Waals surface area contributed by atoms with Crippen LogP contribution in [0.25, 0.3) is 0 Å². The van der Waals surface area contributed by atoms with Gasteiger partial charge in [0.05, 0.1) is 11.5 Å². The molecule has 20 heavy (non-hydrogen) atoms. The second kappa shape index (κ2) is 5.45. The van der Waals surface area contributed by atoms with Crippen LogP contribution in [-0.2, 0) is 11.0 Å². The fourth-order valence-electron chi connectivity index (χ4n) is 1.96. The maximum atomic E-state index is 13.2. The van der Waals surface area contributed by atoms with E-state index in [4.69, 9.17) is 0 Å². The van der Waals surface area contributed by atoms with E-state index < -0.39 is 23.5 Å². The summed E-state index contributed by atoms with van der Waals surface area (Å²) in [4.78, 5) is 11.2. The van der Waals surface area contributed by atoms with Crippen LogP contribution in [0.1, 0.15) is 22.6 Å². The van der Waals surface area contributed by atoms with Crippen molar-refractivity contribution in [2.45, 2.75) is 12.1 Å². The summed E-state index contributed by atoms with van der Waals surface area (Å²) in [6, 6.07) is 9.74. The lowest BCUT2D eigenvalue weighted by Gasteiger charge is -2.14. The minimum Gasteiger partial charge on any atom is -0.302 e. The smallest absolute Gasteiger partial charge is 0.302 e. The largest absolute Gasteiger partial charge is 0.416 e. The van der Waals surface area contributed by atoms with Crippen molar-refractivity contribution < 1.29 is 22.4 Å². The molecule has 2 aromatic carbocycles. The number of carbonyl (C=O) groups is 1. The third-order valence-corrected chi connectivity index (χ3v) is 2.92. The van der Waals surface area contributed by atoms with E-state index in [1.807, 2.05) is 0 Å². The zero-order chi connectivity index (χ0) is 14.8. The molecular weight excluding hydrogens is 272 g/mol. The van der Waals surface area contributed by atoms with E-state index in [-0.39, 0.29) is 5.56 Å². The number of aldehydes is 1. The van der Waals surface area contributed by atoms with Gasteiger partial charge < -0.3 is 4.79 Å². The molecule has 1 unspecified atom stereocenters. The Kier molecular flexibility index (Phi) is 3.88. The first-order chi connectivity index (χ1) is 9.41. The summed E-state index contributed by atoms with van der Waals surface area (Å²) in [5.41, 5.74) is -0.335. The van der Waals surface area contributed by atoms with Crippen molar-refractivity contribution in [1.82, 2.24) is 0 Å². The molecule has 0 radical (unpaired) electrons. The van der Waals surface area contributed by atoms with Gasteiger partial charge in [-0.1, -0.05) is 30.3 Å². The van der Waals surface area contributed by atoms with Crippen LogP contribution in [0.2, 0.25) is 0 Å². The van der Waals surface area contributed by atoms with Crippen LogP contribution < -0.4 is 0 Å². The van der Waals surface area contributed by atoms with E-state index in [0.717, 1.165) is 18.2 Å². The maximum absolute atomic E-state index is 13.2. The van der Waals surface area contributed by atoms with Gasteiger partial charge in [0.15, 0.2) is 0 Å². The summed E-state index contributed by atoms with van der Waals surface area (Å²) in [5, 5.41) is 0. The third-order valence-electron chi connectivity index (χ3n) is 2.92. The van der Waals surface area contributed by atoms with Gasteiger partial charge in [0, 0.05) is 0 Å². The zero-order valence-electron chi connectivity index (χ0n) is 10.2. The van der Waals surface area contributed by atoms with Gasteiger partial charge in [-0.05, 0) is 29.3 Å². The monoisotopic (exact) mass is 282 g/mol. The fraction of sp³-hybridized carbons (Fsp3) is 0.133. The normalized spacial score (nSPS) is 13.0. The molecule has 0 amide bonds. The highest BCUT2D eigenvalue weighted by atomic mass is 19.4. The molecule has 0 N–H and O–H groups in total. The number of rotatable bonds is 3. The van der Waals surface area contributed by atoms with Crippen LogP contribution in [0, 0.1) is 5.82 Å². The zero-order valence-corrected chi connectivity index (χ0v) is 10.2. The van der Waals surface area contributed by atoms with Gasteiger partial charge in [0.2, 0.25) is 0 Å². The highest BCUT2D eigenvalue weighted by molar-refractivity contribution is 5.68. The van der Waals surface area contributed by atoms with Gasteiger partial charge in [-0.2, -0.15) is 13.2 Å². The molecule has 0 aliphatic rings. The standard InChI is InChI=1S/C15H10F4O/c16-13-6-2-4-11(8-13)14(9-20)10-3-1-5-12(7-10)15(17,18)19/h1-9,14H. The summed E-state index contributed by atoms with van der Waals surface area (Å²) in [6.45, 7) is 0. The first kappa shape index (κ1) is 14.2. The second-order valence-electron chi connectivity index (χ2n) is 4.29. The van der Waals surface area contributed by atoms with Gasteiger partial charge >= 0.3 is 6.18 Å². The molecule has 1 atom stereocenters. The average Bonchev–Trinajstić information content (AvgIpc) is 2.39. The van der Waals surface area contributed by atoms with Crippen LogP contribution in [0.3, 0.4) is 0 Å². The molecule has 2 rings (SSSR count). The minimum absolute atomic E-state index is 0.181. The Morgan fingerprint density at radius 3 is 2.10 bits per heavy atom. The van der Waals surface area contributed by atoms with Crippen molar-refractivity contribution in [1.29, 1.82) is 0 Å². The molecule has 1 nitrogen and oxygen atoms in total. The number of benzene rings is 2. The van der Waals surface area contributed by atoms with Crippen LogP contribution >= 0.6 is 0 Å². The van der Waals surface area contributed by atoms with Crippen LogP contribution in [0.5, 0.6) is 0 Å². The quantitative estimate of drug-likeness (QED) is 0.610. The molecule has 0 heterocycles. The van der Waals surface area contributed by atoms with E-state index in [0.29, 0.717) is 11.8 Å². The Hall–Kier alpha value is -2.17. The molecule has 0 aliphatic heterocycles. The number of hydrogen-bond donors (Lipinski definition) is 0. The first-order valence-electron chi connectivity index (χ1n) is 5.80. The first-order valence-corrected chi connectivity index (χ1v) is 5.80. The van der Waals surface area contributed by atoms with E-state index in [9.17, 15) is 22.4 Å². The molecule has 104 valence electrons. The molecule has 5 heteroatoms. The van der Waals surface area contributed by atoms with Crippen LogP contribution in [0.4, 0.5) is 17.6 Å². The Morgan fingerprint density at radius 1 is 0.950 bits per heavy atom. The lowest BCUT2D eigenvalue weighted by Crippen LogP contribution is -2.08. The van der Waals surface area contributed by atoms with Crippen molar-refractivity contribution in [3.8, 4) is 0 Å². The predicted molar refractivity (Wildman–Crippen MR) is 65.8 cm³/mol. The number of halogens is 4. The molecule has 0 spiro atoms. The molecular formula is C15H10F4O. The van der Waals surface area contributed by atoms with Gasteiger partial charge in [0.1, 0.15) is 12.1 Å². The molecule has 0 saturated carbocycles. The van der Waals surface area contributed by atoms with Crippen LogP contribution in [0.15, 0.2) is 48.5 Å². The molecule has 0 aliphatic carbocycles. The predicted octanol–water partition coefficient (Wildman–Crippen LogP) is 4.18. The topological polar surface area (TPSA) is 17.1 Å². The number of hydrogen-bond acceptors (Lipinski definition) is 1. The van der Waals surface area contributed by atoms with Crippen LogP contribution in [-0.4, -0.2) is 6.29 Å². The van der Waals surface area contributed by atoms with Crippen molar-refractivity contribution in [3.63, 3.8) is 0 Å². The van der Waals surface area contributed by atoms with Gasteiger partial charge in [-0.25, -0.2) is 4.39 Å². The summed E-state index contributed by atoms with van der Waals surface area (Å²) in [5.74, 6) is -1.46. The van der Waals surface area contributed by atoms with Gasteiger partial charge in [-0.3, -0.25) is 0 Å². The Labute approximate surface area is 112 Å². The Bertz CT molecular complexity index is 619. The Balaban J connectivity index is 2.45. The second-order valence-corrected chi connectivity index (χ2v) is 4.29. The average molecular weight is 282 g/mol. The Morgan fingerprint density at radius 2 is 1.55 bits per heavy atom. The van der Waals surface area contributed by atoms with Crippen molar-refractivity contribution in [3.05, 3.63) is 71.0 Å². The number of carbonyl (C=O) groups excluding carboxylic acids is 1. The molecule has 2 aromatic rings. The third kappa shape index (κ3) is 3.04. The van der Waals surface area contributed by atoms with E-state index in [1.165, 1.54) is 30.3 Å². The molecule has 0 aromatic heterocycles. The minimum atomic E-state index is -4.48. The van der Waals surface area contributed by atoms with E-state index in [1.54, 1.807) is 0 Å². The van der Waals surface area contributed by atoms with Crippen molar-refractivity contribution in [2.24, 2.45) is 0 Å². The highest BCUT2D eigenvalue weighted by Gasteiger charge is 2.31. The van der Waals surface area contributed by atoms with Gasteiger partial charge in [-0.15, -0.1) is 0 Å². The molecule has 0 fully saturated rings. The lowest BCUT2D eigenvalue weighted by molar-refractivity contribution is -0.137. The van der Waals surface area contributed by atoms with Crippen molar-refractivity contribution in [2.75, 3.05) is 0 Å². The maximum Gasteiger partial charge on any atom is 0.416 e. The van der Waals surface area contributed by atoms with E-state index in [2.05, 4.69) is 0 Å². The SMILES string of the molecule is O=CC(c1cccc(F)c1)c1cccc(C(F)(F)F)c1. The molecule has 0 saturated heterocycles. The molecule has 0 bridgehead atoms.